The van der Waals surface area contributed by atoms with Gasteiger partial charge in [-0.3, -0.25) is 10.4 Å². The summed E-state index contributed by atoms with van der Waals surface area (Å²) < 4.78 is 13.6. The lowest BCUT2D eigenvalue weighted by molar-refractivity contribution is 0.632. The van der Waals surface area contributed by atoms with Crippen LogP contribution < -0.4 is 16.1 Å². The van der Waals surface area contributed by atoms with E-state index in [2.05, 4.69) is 26.2 Å². The number of nitrogens with zero attached hydrogens (tertiary/aromatic N) is 2. The first-order chi connectivity index (χ1) is 13.1. The zero-order valence-corrected chi connectivity index (χ0v) is 16.5. The van der Waals surface area contributed by atoms with Gasteiger partial charge in [-0.1, -0.05) is 36.0 Å². The molecule has 0 saturated heterocycles. The van der Waals surface area contributed by atoms with E-state index in [-0.39, 0.29) is 10.9 Å². The van der Waals surface area contributed by atoms with Gasteiger partial charge >= 0.3 is 0 Å². The Morgan fingerprint density at radius 2 is 1.96 bits per heavy atom. The van der Waals surface area contributed by atoms with Gasteiger partial charge in [0.1, 0.15) is 5.82 Å². The van der Waals surface area contributed by atoms with Crippen LogP contribution in [-0.2, 0) is 0 Å². The second-order valence-electron chi connectivity index (χ2n) is 5.83. The summed E-state index contributed by atoms with van der Waals surface area (Å²) >= 11 is 6.89. The molecule has 0 radical (unpaired) electrons. The van der Waals surface area contributed by atoms with Gasteiger partial charge in [-0.15, -0.1) is 0 Å². The summed E-state index contributed by atoms with van der Waals surface area (Å²) in [6.07, 6.45) is 1.13. The van der Waals surface area contributed by atoms with Gasteiger partial charge in [0.2, 0.25) is 0 Å². The van der Waals surface area contributed by atoms with Crippen LogP contribution in [0.15, 0.2) is 58.6 Å². The van der Waals surface area contributed by atoms with Crippen molar-refractivity contribution in [1.29, 1.82) is 0 Å². The van der Waals surface area contributed by atoms with Crippen molar-refractivity contribution in [2.75, 3.05) is 22.9 Å². The zero-order chi connectivity index (χ0) is 19.1. The van der Waals surface area contributed by atoms with Crippen LogP contribution >= 0.6 is 24.0 Å². The molecule has 0 aromatic heterocycles. The smallest absolute Gasteiger partial charge is 0.191 e. The Bertz CT molecular complexity index is 865. The first-order valence-electron chi connectivity index (χ1n) is 8.52. The number of amidine groups is 1. The highest BCUT2D eigenvalue weighted by Crippen LogP contribution is 2.17. The predicted octanol–water partition coefficient (Wildman–Crippen LogP) is 4.44. The topological polar surface area (TPSA) is 60.8 Å². The summed E-state index contributed by atoms with van der Waals surface area (Å²) in [6.45, 7) is 2.76. The van der Waals surface area contributed by atoms with E-state index in [0.29, 0.717) is 5.69 Å². The summed E-state index contributed by atoms with van der Waals surface area (Å²) in [5.41, 5.74) is 5.76. The van der Waals surface area contributed by atoms with E-state index in [4.69, 9.17) is 12.2 Å². The highest BCUT2D eigenvalue weighted by molar-refractivity contribution is 8.14. The molecule has 3 N–H and O–H groups in total. The van der Waals surface area contributed by atoms with Gasteiger partial charge in [0, 0.05) is 18.0 Å². The second-order valence-corrected chi connectivity index (χ2v) is 7.33. The standard InChI is InChI=1S/C19H20FN5S2/c1-13(24-25-18(26)23-17-6-3-2-5-16(17)20)14-7-9-15(10-8-14)22-19-21-11-4-12-27-19/h2-3,5-10H,4,11-12H2,1H3,(H,21,22)(H2,23,25,26)/b24-13-. The van der Waals surface area contributed by atoms with Gasteiger partial charge in [-0.2, -0.15) is 5.10 Å². The number of hydrogen-bond donors (Lipinski definition) is 3. The molecule has 1 aliphatic heterocycles. The Morgan fingerprint density at radius 1 is 1.19 bits per heavy atom. The Morgan fingerprint density at radius 3 is 2.67 bits per heavy atom. The maximum absolute atomic E-state index is 13.6. The van der Waals surface area contributed by atoms with Crippen LogP contribution in [-0.4, -0.2) is 28.3 Å². The van der Waals surface area contributed by atoms with Crippen molar-refractivity contribution in [3.05, 3.63) is 59.9 Å². The number of aliphatic imine (C=N–C) groups is 1. The lowest BCUT2D eigenvalue weighted by atomic mass is 10.1. The quantitative estimate of drug-likeness (QED) is 0.402. The van der Waals surface area contributed by atoms with Crippen LogP contribution in [0.25, 0.3) is 0 Å². The molecule has 8 heteroatoms. The molecule has 0 aliphatic carbocycles. The maximum Gasteiger partial charge on any atom is 0.191 e. The Kier molecular flexibility index (Phi) is 6.78. The summed E-state index contributed by atoms with van der Waals surface area (Å²) in [6, 6.07) is 14.3. The number of nitrogens with one attached hydrogen (secondary N) is 3. The van der Waals surface area contributed by atoms with Crippen LogP contribution in [0.4, 0.5) is 15.8 Å². The van der Waals surface area contributed by atoms with Crippen LogP contribution in [0.5, 0.6) is 0 Å². The number of anilines is 2. The third kappa shape index (κ3) is 5.77. The van der Waals surface area contributed by atoms with Gasteiger partial charge in [-0.25, -0.2) is 4.39 Å². The average molecular weight is 402 g/mol. The van der Waals surface area contributed by atoms with Gasteiger partial charge in [0.25, 0.3) is 0 Å². The van der Waals surface area contributed by atoms with E-state index in [1.165, 1.54) is 6.07 Å². The van der Waals surface area contributed by atoms with Crippen LogP contribution in [0.3, 0.4) is 0 Å². The Balaban J connectivity index is 1.56. The normalized spacial score (nSPS) is 14.3. The highest BCUT2D eigenvalue weighted by Gasteiger charge is 2.07. The first-order valence-corrected chi connectivity index (χ1v) is 9.92. The van der Waals surface area contributed by atoms with Crippen LogP contribution in [0.1, 0.15) is 18.9 Å². The van der Waals surface area contributed by atoms with Crippen molar-refractivity contribution in [2.24, 2.45) is 10.1 Å². The van der Waals surface area contributed by atoms with E-state index in [9.17, 15) is 4.39 Å². The molecule has 2 aromatic carbocycles. The molecular weight excluding hydrogens is 381 g/mol. The fourth-order valence-electron chi connectivity index (χ4n) is 2.37. The number of halogens is 1. The largest absolute Gasteiger partial charge is 0.335 e. The zero-order valence-electron chi connectivity index (χ0n) is 14.8. The number of thioether (sulfide) groups is 1. The van der Waals surface area contributed by atoms with E-state index >= 15 is 0 Å². The Labute approximate surface area is 167 Å². The van der Waals surface area contributed by atoms with Gasteiger partial charge in [-0.05, 0) is 55.4 Å². The third-order valence-corrected chi connectivity index (χ3v) is 4.99. The molecule has 1 heterocycles. The van der Waals surface area contributed by atoms with Gasteiger partial charge in [0.15, 0.2) is 10.3 Å². The van der Waals surface area contributed by atoms with Crippen molar-refractivity contribution >= 4 is 51.3 Å². The SMILES string of the molecule is C/C(=N/NC(=S)Nc1ccccc1F)c1ccc(NC2=NCCCS2)cc1. The van der Waals surface area contributed by atoms with Crippen molar-refractivity contribution in [2.45, 2.75) is 13.3 Å². The maximum atomic E-state index is 13.6. The summed E-state index contributed by atoms with van der Waals surface area (Å²) in [7, 11) is 0. The lowest BCUT2D eigenvalue weighted by Crippen LogP contribution is -2.25. The monoisotopic (exact) mass is 401 g/mol. The van der Waals surface area contributed by atoms with E-state index in [1.54, 1.807) is 30.0 Å². The molecule has 0 bridgehead atoms. The summed E-state index contributed by atoms with van der Waals surface area (Å²) in [4.78, 5) is 4.46. The fraction of sp³-hybridized carbons (Fsp3) is 0.211. The molecule has 0 amide bonds. The molecule has 0 atom stereocenters. The number of hydrogen-bond acceptors (Lipinski definition) is 5. The average Bonchev–Trinajstić information content (AvgIpc) is 2.69. The number of benzene rings is 2. The molecular formula is C19H20FN5S2. The van der Waals surface area contributed by atoms with Crippen LogP contribution in [0, 0.1) is 5.82 Å². The predicted molar refractivity (Wildman–Crippen MR) is 117 cm³/mol. The van der Waals surface area contributed by atoms with E-state index in [0.717, 1.165) is 40.8 Å². The minimum absolute atomic E-state index is 0.227. The molecule has 0 unspecified atom stereocenters. The molecule has 0 spiro atoms. The summed E-state index contributed by atoms with van der Waals surface area (Å²) in [5.74, 6) is 0.730. The fourth-order valence-corrected chi connectivity index (χ4v) is 3.36. The number of thiocarbonyl (C=S) groups is 1. The lowest BCUT2D eigenvalue weighted by Gasteiger charge is -2.13. The number of hydrazone groups is 1. The molecule has 5 nitrogen and oxygen atoms in total. The molecule has 140 valence electrons. The number of para-hydroxylation sites is 1. The van der Waals surface area contributed by atoms with Crippen molar-refractivity contribution < 1.29 is 4.39 Å². The van der Waals surface area contributed by atoms with Gasteiger partial charge < -0.3 is 10.6 Å². The number of rotatable bonds is 4. The molecule has 0 fully saturated rings. The molecule has 3 rings (SSSR count). The second kappa shape index (κ2) is 9.48. The minimum atomic E-state index is -0.369. The highest BCUT2D eigenvalue weighted by atomic mass is 32.2. The minimum Gasteiger partial charge on any atom is -0.335 e. The first kappa shape index (κ1) is 19.3. The van der Waals surface area contributed by atoms with E-state index < -0.39 is 0 Å². The van der Waals surface area contributed by atoms with Gasteiger partial charge in [0.05, 0.1) is 11.4 Å². The third-order valence-electron chi connectivity index (χ3n) is 3.80. The molecule has 1 aliphatic rings. The summed E-state index contributed by atoms with van der Waals surface area (Å²) in [5, 5.41) is 11.6. The van der Waals surface area contributed by atoms with Crippen molar-refractivity contribution in [3.8, 4) is 0 Å². The van der Waals surface area contributed by atoms with Crippen molar-refractivity contribution in [1.82, 2.24) is 5.43 Å². The Hall–Kier alpha value is -2.45. The molecule has 0 saturated carbocycles. The molecule has 2 aromatic rings. The van der Waals surface area contributed by atoms with E-state index in [1.807, 2.05) is 31.2 Å². The van der Waals surface area contributed by atoms with Crippen molar-refractivity contribution in [3.63, 3.8) is 0 Å². The van der Waals surface area contributed by atoms with Crippen LogP contribution in [0.2, 0.25) is 0 Å². The molecule has 27 heavy (non-hydrogen) atoms.